The molecule has 2 fully saturated rings. The van der Waals surface area contributed by atoms with Gasteiger partial charge in [0.2, 0.25) is 11.9 Å². The minimum Gasteiger partial charge on any atom is -0.493 e. The van der Waals surface area contributed by atoms with Crippen LogP contribution in [0.2, 0.25) is 5.02 Å². The lowest BCUT2D eigenvalue weighted by Gasteiger charge is -2.32. The summed E-state index contributed by atoms with van der Waals surface area (Å²) < 4.78 is 26.2. The molecule has 1 saturated heterocycles. The Bertz CT molecular complexity index is 1320. The minimum atomic E-state index is -0.406. The number of carbonyl (C=O) groups is 1. The zero-order valence-corrected chi connectivity index (χ0v) is 22.9. The zero-order chi connectivity index (χ0) is 26.9. The van der Waals surface area contributed by atoms with E-state index in [0.717, 1.165) is 61.6 Å². The van der Waals surface area contributed by atoms with E-state index in [1.54, 1.807) is 36.4 Å². The molecule has 206 valence electrons. The van der Waals surface area contributed by atoms with Crippen molar-refractivity contribution >= 4 is 23.5 Å². The molecule has 0 N–H and O–H groups in total. The highest BCUT2D eigenvalue weighted by Crippen LogP contribution is 2.49. The van der Waals surface area contributed by atoms with Gasteiger partial charge in [-0.3, -0.25) is 4.79 Å². The number of piperidine rings is 1. The Hall–Kier alpha value is -3.20. The Balaban J connectivity index is 0.924. The average molecular weight is 554 g/mol. The Labute approximate surface area is 232 Å². The van der Waals surface area contributed by atoms with Crippen LogP contribution in [0.4, 0.5) is 10.3 Å². The number of fused-ring (bicyclic) bond motifs is 1. The van der Waals surface area contributed by atoms with Crippen molar-refractivity contribution in [1.29, 1.82) is 0 Å². The first-order valence-electron chi connectivity index (χ1n) is 13.8. The summed E-state index contributed by atoms with van der Waals surface area (Å²) in [7, 11) is 0. The van der Waals surface area contributed by atoms with Crippen molar-refractivity contribution in [3.63, 3.8) is 0 Å². The minimum absolute atomic E-state index is 0.0188. The normalized spacial score (nSPS) is 21.1. The quantitative estimate of drug-likeness (QED) is 0.387. The van der Waals surface area contributed by atoms with Gasteiger partial charge in [0.1, 0.15) is 23.0 Å². The van der Waals surface area contributed by atoms with Crippen molar-refractivity contribution in [2.24, 2.45) is 17.8 Å². The first-order valence-corrected chi connectivity index (χ1v) is 14.2. The number of aromatic nitrogens is 3. The van der Waals surface area contributed by atoms with Gasteiger partial charge in [0.15, 0.2) is 5.89 Å². The Morgan fingerprint density at radius 2 is 2.00 bits per heavy atom. The van der Waals surface area contributed by atoms with E-state index in [1.165, 1.54) is 12.5 Å². The number of ether oxygens (including phenoxy) is 1. The molecule has 1 aromatic carbocycles. The molecule has 3 aromatic rings. The number of rotatable bonds is 8. The van der Waals surface area contributed by atoms with Crippen LogP contribution in [-0.2, 0) is 24.2 Å². The Morgan fingerprint density at radius 3 is 2.77 bits per heavy atom. The highest BCUT2D eigenvalue weighted by atomic mass is 35.5. The molecule has 2 atom stereocenters. The van der Waals surface area contributed by atoms with Gasteiger partial charge in [-0.15, -0.1) is 0 Å². The molecule has 1 saturated carbocycles. The van der Waals surface area contributed by atoms with Crippen molar-refractivity contribution in [3.8, 4) is 5.75 Å². The summed E-state index contributed by atoms with van der Waals surface area (Å²) in [5, 5.41) is 0.556. The maximum absolute atomic E-state index is 14.8. The van der Waals surface area contributed by atoms with E-state index >= 15 is 0 Å². The van der Waals surface area contributed by atoms with Gasteiger partial charge in [0.05, 0.1) is 37.0 Å². The van der Waals surface area contributed by atoms with Crippen LogP contribution in [0, 0.1) is 30.5 Å². The highest BCUT2D eigenvalue weighted by molar-refractivity contribution is 6.30. The number of amides is 1. The summed E-state index contributed by atoms with van der Waals surface area (Å²) in [6, 6.07) is 4.83. The molecule has 1 amide bonds. The number of nitrogens with zero attached hydrogens (tertiary/aromatic N) is 5. The fraction of sp³-hybridized carbons (Fsp3) is 0.517. The van der Waals surface area contributed by atoms with Crippen LogP contribution in [0.1, 0.15) is 48.6 Å². The Morgan fingerprint density at radius 1 is 1.21 bits per heavy atom. The maximum Gasteiger partial charge on any atom is 0.227 e. The zero-order valence-electron chi connectivity index (χ0n) is 22.1. The molecule has 0 radical (unpaired) electrons. The molecule has 0 bridgehead atoms. The van der Waals surface area contributed by atoms with Crippen molar-refractivity contribution in [1.82, 2.24) is 19.9 Å². The number of aryl methyl sites for hydroxylation is 1. The van der Waals surface area contributed by atoms with Crippen LogP contribution >= 0.6 is 11.6 Å². The van der Waals surface area contributed by atoms with E-state index in [9.17, 15) is 9.18 Å². The second kappa shape index (κ2) is 11.1. The van der Waals surface area contributed by atoms with Gasteiger partial charge in [-0.25, -0.2) is 19.3 Å². The fourth-order valence-electron chi connectivity index (χ4n) is 6.08. The van der Waals surface area contributed by atoms with Crippen LogP contribution in [-0.4, -0.2) is 52.0 Å². The van der Waals surface area contributed by atoms with Gasteiger partial charge in [-0.2, -0.15) is 0 Å². The summed E-state index contributed by atoms with van der Waals surface area (Å²) in [5.74, 6) is 4.36. The number of halogens is 2. The van der Waals surface area contributed by atoms with E-state index in [2.05, 4.69) is 19.9 Å². The lowest BCUT2D eigenvalue weighted by atomic mass is 9.90. The van der Waals surface area contributed by atoms with Crippen LogP contribution in [0.15, 0.2) is 35.0 Å². The van der Waals surface area contributed by atoms with Crippen molar-refractivity contribution in [2.45, 2.75) is 52.0 Å². The molecule has 2 aliphatic heterocycles. The van der Waals surface area contributed by atoms with Gasteiger partial charge in [-0.1, -0.05) is 17.7 Å². The molecule has 39 heavy (non-hydrogen) atoms. The fourth-order valence-corrected chi connectivity index (χ4v) is 6.18. The molecule has 6 rings (SSSR count). The molecule has 4 heterocycles. The first-order chi connectivity index (χ1) is 18.9. The third-order valence-corrected chi connectivity index (χ3v) is 8.52. The van der Waals surface area contributed by atoms with Gasteiger partial charge in [0.25, 0.3) is 0 Å². The van der Waals surface area contributed by atoms with E-state index in [0.29, 0.717) is 54.3 Å². The molecular formula is C29H33ClFN5O3. The predicted molar refractivity (Wildman–Crippen MR) is 144 cm³/mol. The van der Waals surface area contributed by atoms with Crippen molar-refractivity contribution in [2.75, 3.05) is 31.1 Å². The molecule has 8 nitrogen and oxygen atoms in total. The second-order valence-corrected chi connectivity index (χ2v) is 11.4. The smallest absolute Gasteiger partial charge is 0.227 e. The highest BCUT2D eigenvalue weighted by Gasteiger charge is 2.43. The summed E-state index contributed by atoms with van der Waals surface area (Å²) >= 11 is 5.90. The first kappa shape index (κ1) is 26.0. The predicted octanol–water partition coefficient (Wildman–Crippen LogP) is 5.01. The molecule has 3 aliphatic rings. The molecule has 0 spiro atoms. The van der Waals surface area contributed by atoms with Gasteiger partial charge in [0, 0.05) is 39.0 Å². The van der Waals surface area contributed by atoms with Gasteiger partial charge < -0.3 is 19.0 Å². The van der Waals surface area contributed by atoms with Crippen LogP contribution in [0.5, 0.6) is 5.75 Å². The monoisotopic (exact) mass is 553 g/mol. The number of benzene rings is 1. The van der Waals surface area contributed by atoms with E-state index in [1.807, 2.05) is 0 Å². The van der Waals surface area contributed by atoms with Crippen LogP contribution in [0.25, 0.3) is 0 Å². The van der Waals surface area contributed by atoms with Crippen molar-refractivity contribution in [3.05, 3.63) is 64.3 Å². The van der Waals surface area contributed by atoms with E-state index in [4.69, 9.17) is 20.8 Å². The SMILES string of the molecule is Cc1nc2c(o1)CCN(C(=O)Cc1ccc(OCC[C@@H]3C[C@@H]3C3CCN(c4ncc(Cl)cn4)CC3)cc1F)C2. The van der Waals surface area contributed by atoms with E-state index < -0.39 is 5.82 Å². The third-order valence-electron chi connectivity index (χ3n) is 8.32. The van der Waals surface area contributed by atoms with Crippen LogP contribution < -0.4 is 9.64 Å². The van der Waals surface area contributed by atoms with E-state index in [-0.39, 0.29) is 12.3 Å². The van der Waals surface area contributed by atoms with Crippen molar-refractivity contribution < 1.29 is 18.3 Å². The maximum atomic E-state index is 14.8. The molecule has 2 aromatic heterocycles. The molecule has 10 heteroatoms. The molecule has 0 unspecified atom stereocenters. The molecular weight excluding hydrogens is 521 g/mol. The van der Waals surface area contributed by atoms with Gasteiger partial charge in [-0.05, 0) is 55.1 Å². The Kier molecular flexibility index (Phi) is 7.42. The van der Waals surface area contributed by atoms with Crippen LogP contribution in [0.3, 0.4) is 0 Å². The average Bonchev–Trinajstić information content (AvgIpc) is 3.61. The summed E-state index contributed by atoms with van der Waals surface area (Å²) in [6.45, 7) is 5.28. The number of hydrogen-bond acceptors (Lipinski definition) is 7. The lowest BCUT2D eigenvalue weighted by Crippen LogP contribution is -2.36. The van der Waals surface area contributed by atoms with Gasteiger partial charge >= 0.3 is 0 Å². The number of hydrogen-bond donors (Lipinski definition) is 0. The topological polar surface area (TPSA) is 84.6 Å². The standard InChI is InChI=1S/C29H33ClFN5O3/c1-18-34-26-17-36(10-6-27(26)39-18)28(37)13-21-2-3-23(14-25(21)31)38-11-7-20-12-24(20)19-4-8-35(9-5-19)29-32-15-22(30)16-33-29/h2-3,14-16,19-20,24H,4-13,17H2,1H3/t20-,24-/m1/s1. The molecule has 1 aliphatic carbocycles. The summed E-state index contributed by atoms with van der Waals surface area (Å²) in [5.41, 5.74) is 1.18. The largest absolute Gasteiger partial charge is 0.493 e. The second-order valence-electron chi connectivity index (χ2n) is 10.9. The number of carbonyl (C=O) groups excluding carboxylic acids is 1. The summed E-state index contributed by atoms with van der Waals surface area (Å²) in [6.07, 6.45) is 8.47. The number of anilines is 1. The number of oxazole rings is 1. The lowest BCUT2D eigenvalue weighted by molar-refractivity contribution is -0.131. The summed E-state index contributed by atoms with van der Waals surface area (Å²) in [4.78, 5) is 29.8. The third kappa shape index (κ3) is 6.03.